The summed E-state index contributed by atoms with van der Waals surface area (Å²) in [7, 11) is 2.76. The van der Waals surface area contributed by atoms with Gasteiger partial charge in [-0.2, -0.15) is 0 Å². The van der Waals surface area contributed by atoms with E-state index in [1.54, 1.807) is 0 Å². The van der Waals surface area contributed by atoms with Gasteiger partial charge >= 0.3 is 0 Å². The van der Waals surface area contributed by atoms with Gasteiger partial charge in [0.25, 0.3) is 0 Å². The third-order valence-electron chi connectivity index (χ3n) is 5.15. The standard InChI is InChI=1S/C19H38B/c1-3-5-6-7-9-12-15-18(4-2)20-19-16-13-10-8-11-14-17-19/h18-19H,3-17H2,1-2H3. The summed E-state index contributed by atoms with van der Waals surface area (Å²) in [4.78, 5) is 0. The first-order chi connectivity index (χ1) is 9.86. The van der Waals surface area contributed by atoms with E-state index in [9.17, 15) is 0 Å². The Balaban J connectivity index is 2.10. The lowest BCUT2D eigenvalue weighted by molar-refractivity contribution is 0.494. The number of unbranched alkanes of at least 4 members (excludes halogenated alkanes) is 5. The van der Waals surface area contributed by atoms with Crippen LogP contribution in [0.25, 0.3) is 0 Å². The fourth-order valence-corrected chi connectivity index (χ4v) is 3.69. The molecule has 0 aromatic rings. The fourth-order valence-electron chi connectivity index (χ4n) is 3.69. The molecular weight excluding hydrogens is 239 g/mol. The summed E-state index contributed by atoms with van der Waals surface area (Å²) in [6.45, 7) is 4.69. The topological polar surface area (TPSA) is 0 Å². The zero-order chi connectivity index (χ0) is 14.5. The maximum absolute atomic E-state index is 2.76. The highest BCUT2D eigenvalue weighted by atomic mass is 14.1. The quantitative estimate of drug-likeness (QED) is 0.293. The van der Waals surface area contributed by atoms with Crippen LogP contribution in [0, 0.1) is 0 Å². The van der Waals surface area contributed by atoms with Gasteiger partial charge in [-0.3, -0.25) is 0 Å². The van der Waals surface area contributed by atoms with E-state index in [0.29, 0.717) is 0 Å². The maximum Gasteiger partial charge on any atom is 0.117 e. The van der Waals surface area contributed by atoms with Crippen LogP contribution in [0.1, 0.15) is 110 Å². The molecule has 0 spiro atoms. The summed E-state index contributed by atoms with van der Waals surface area (Å²) in [5.41, 5.74) is 0. The first-order valence-electron chi connectivity index (χ1n) is 9.71. The Morgan fingerprint density at radius 3 is 2.05 bits per heavy atom. The largest absolute Gasteiger partial charge is 0.117 e. The molecular formula is C19H38B. The van der Waals surface area contributed by atoms with E-state index in [1.807, 2.05) is 0 Å². The molecule has 1 rings (SSSR count). The summed E-state index contributed by atoms with van der Waals surface area (Å²) in [6.07, 6.45) is 21.9. The van der Waals surface area contributed by atoms with Crippen molar-refractivity contribution in [1.29, 1.82) is 0 Å². The average Bonchev–Trinajstić information content (AvgIpc) is 2.43. The van der Waals surface area contributed by atoms with Crippen molar-refractivity contribution < 1.29 is 0 Å². The molecule has 0 nitrogen and oxygen atoms in total. The Morgan fingerprint density at radius 1 is 0.800 bits per heavy atom. The van der Waals surface area contributed by atoms with E-state index in [1.165, 1.54) is 96.3 Å². The molecule has 20 heavy (non-hydrogen) atoms. The van der Waals surface area contributed by atoms with E-state index >= 15 is 0 Å². The molecule has 0 aromatic heterocycles. The van der Waals surface area contributed by atoms with E-state index in [-0.39, 0.29) is 0 Å². The van der Waals surface area contributed by atoms with Crippen LogP contribution in [0.4, 0.5) is 0 Å². The molecule has 0 saturated heterocycles. The second-order valence-electron chi connectivity index (χ2n) is 7.02. The SMILES string of the molecule is CCCCCCCCC([B]C1CCCCCCC1)CC. The Hall–Kier alpha value is 0.0649. The van der Waals surface area contributed by atoms with Crippen LogP contribution in [0.2, 0.25) is 11.6 Å². The highest BCUT2D eigenvalue weighted by Gasteiger charge is 2.17. The normalized spacial score (nSPS) is 19.3. The lowest BCUT2D eigenvalue weighted by Crippen LogP contribution is -2.12. The number of hydrogen-bond acceptors (Lipinski definition) is 0. The average molecular weight is 277 g/mol. The van der Waals surface area contributed by atoms with E-state index in [2.05, 4.69) is 21.1 Å². The highest BCUT2D eigenvalue weighted by Crippen LogP contribution is 2.31. The molecule has 1 heteroatoms. The van der Waals surface area contributed by atoms with Crippen molar-refractivity contribution in [1.82, 2.24) is 0 Å². The van der Waals surface area contributed by atoms with Gasteiger partial charge in [-0.05, 0) is 0 Å². The smallest absolute Gasteiger partial charge is 0.0688 e. The summed E-state index contributed by atoms with van der Waals surface area (Å²) in [5.74, 6) is 1.85. The van der Waals surface area contributed by atoms with Crippen LogP contribution in [0.3, 0.4) is 0 Å². The molecule has 0 aromatic carbocycles. The van der Waals surface area contributed by atoms with Crippen LogP contribution in [-0.4, -0.2) is 7.28 Å². The minimum Gasteiger partial charge on any atom is -0.0688 e. The van der Waals surface area contributed by atoms with E-state index < -0.39 is 0 Å². The molecule has 1 fully saturated rings. The molecule has 1 atom stereocenters. The molecule has 0 amide bonds. The van der Waals surface area contributed by atoms with Crippen molar-refractivity contribution >= 4 is 7.28 Å². The van der Waals surface area contributed by atoms with Gasteiger partial charge in [0.15, 0.2) is 0 Å². The van der Waals surface area contributed by atoms with Crippen molar-refractivity contribution in [3.05, 3.63) is 0 Å². The lowest BCUT2D eigenvalue weighted by Gasteiger charge is -2.23. The van der Waals surface area contributed by atoms with E-state index in [4.69, 9.17) is 0 Å². The van der Waals surface area contributed by atoms with Crippen LogP contribution in [0.15, 0.2) is 0 Å². The minimum atomic E-state index is 0.908. The Bertz CT molecular complexity index is 194. The second-order valence-corrected chi connectivity index (χ2v) is 7.02. The third kappa shape index (κ3) is 9.08. The van der Waals surface area contributed by atoms with Crippen LogP contribution in [-0.2, 0) is 0 Å². The Morgan fingerprint density at radius 2 is 1.40 bits per heavy atom. The fraction of sp³-hybridized carbons (Fsp3) is 1.00. The third-order valence-corrected chi connectivity index (χ3v) is 5.15. The predicted octanol–water partition coefficient (Wildman–Crippen LogP) is 7.17. The van der Waals surface area contributed by atoms with Gasteiger partial charge in [-0.1, -0.05) is 122 Å². The predicted molar refractivity (Wildman–Crippen MR) is 93.9 cm³/mol. The van der Waals surface area contributed by atoms with Crippen molar-refractivity contribution in [2.45, 2.75) is 122 Å². The van der Waals surface area contributed by atoms with Crippen molar-refractivity contribution in [3.63, 3.8) is 0 Å². The van der Waals surface area contributed by atoms with Gasteiger partial charge in [-0.25, -0.2) is 0 Å². The van der Waals surface area contributed by atoms with Gasteiger partial charge < -0.3 is 0 Å². The number of rotatable bonds is 10. The van der Waals surface area contributed by atoms with Crippen LogP contribution >= 0.6 is 0 Å². The van der Waals surface area contributed by atoms with Crippen LogP contribution < -0.4 is 0 Å². The van der Waals surface area contributed by atoms with Crippen molar-refractivity contribution in [2.24, 2.45) is 0 Å². The van der Waals surface area contributed by atoms with Gasteiger partial charge in [0.2, 0.25) is 0 Å². The highest BCUT2D eigenvalue weighted by molar-refractivity contribution is 6.39. The van der Waals surface area contributed by atoms with Crippen molar-refractivity contribution in [2.75, 3.05) is 0 Å². The summed E-state index contributed by atoms with van der Waals surface area (Å²) < 4.78 is 0. The monoisotopic (exact) mass is 277 g/mol. The van der Waals surface area contributed by atoms with Crippen LogP contribution in [0.5, 0.6) is 0 Å². The molecule has 1 unspecified atom stereocenters. The molecule has 0 bridgehead atoms. The summed E-state index contributed by atoms with van der Waals surface area (Å²) >= 11 is 0. The van der Waals surface area contributed by atoms with Gasteiger partial charge in [-0.15, -0.1) is 0 Å². The molecule has 1 saturated carbocycles. The van der Waals surface area contributed by atoms with Gasteiger partial charge in [0.05, 0.1) is 0 Å². The molecule has 1 aliphatic rings. The maximum atomic E-state index is 2.76. The molecule has 1 aliphatic carbocycles. The number of hydrogen-bond donors (Lipinski definition) is 0. The van der Waals surface area contributed by atoms with Crippen molar-refractivity contribution in [3.8, 4) is 0 Å². The van der Waals surface area contributed by atoms with E-state index in [0.717, 1.165) is 11.6 Å². The summed E-state index contributed by atoms with van der Waals surface area (Å²) in [5, 5.41) is 0. The Labute approximate surface area is 129 Å². The van der Waals surface area contributed by atoms with Gasteiger partial charge in [0, 0.05) is 0 Å². The molecule has 1 radical (unpaired) electrons. The summed E-state index contributed by atoms with van der Waals surface area (Å²) in [6, 6.07) is 0. The minimum absolute atomic E-state index is 0.908. The molecule has 0 heterocycles. The van der Waals surface area contributed by atoms with Gasteiger partial charge in [0.1, 0.15) is 7.28 Å². The zero-order valence-corrected chi connectivity index (χ0v) is 14.3. The molecule has 0 N–H and O–H groups in total. The zero-order valence-electron chi connectivity index (χ0n) is 14.3. The molecule has 0 aliphatic heterocycles. The lowest BCUT2D eigenvalue weighted by atomic mass is 9.50. The first-order valence-corrected chi connectivity index (χ1v) is 9.71. The first kappa shape index (κ1) is 18.1. The second kappa shape index (κ2) is 12.8. The molecule has 117 valence electrons. The Kier molecular flexibility index (Phi) is 11.6.